The molecule has 28 heavy (non-hydrogen) atoms. The van der Waals surface area contributed by atoms with E-state index in [1.807, 2.05) is 42.5 Å². The third-order valence-corrected chi connectivity index (χ3v) is 4.77. The van der Waals surface area contributed by atoms with Crippen LogP contribution in [0.2, 0.25) is 0 Å². The van der Waals surface area contributed by atoms with Crippen molar-refractivity contribution in [1.29, 1.82) is 0 Å². The molecule has 0 atom stereocenters. The van der Waals surface area contributed by atoms with Crippen LogP contribution in [0.3, 0.4) is 0 Å². The molecule has 0 aliphatic heterocycles. The first-order valence-corrected chi connectivity index (χ1v) is 10.5. The van der Waals surface area contributed by atoms with Crippen LogP contribution in [-0.4, -0.2) is 30.6 Å². The minimum absolute atomic E-state index is 0.182. The van der Waals surface area contributed by atoms with Crippen molar-refractivity contribution in [3.8, 4) is 5.75 Å². The largest absolute Gasteiger partial charge is 0.492 e. The average Bonchev–Trinajstić information content (AvgIpc) is 2.69. The van der Waals surface area contributed by atoms with E-state index in [-0.39, 0.29) is 19.0 Å². The summed E-state index contributed by atoms with van der Waals surface area (Å²) >= 11 is 4.84. The Hall–Kier alpha value is -2.32. The summed E-state index contributed by atoms with van der Waals surface area (Å²) in [6, 6.07) is 15.5. The number of benzene rings is 2. The van der Waals surface area contributed by atoms with Gasteiger partial charge in [-0.25, -0.2) is 0 Å². The molecule has 0 aliphatic rings. The van der Waals surface area contributed by atoms with Gasteiger partial charge in [-0.1, -0.05) is 58.0 Å². The molecule has 0 saturated heterocycles. The Morgan fingerprint density at radius 2 is 2.04 bits per heavy atom. The van der Waals surface area contributed by atoms with Crippen molar-refractivity contribution in [3.05, 3.63) is 64.1 Å². The Kier molecular flexibility index (Phi) is 9.57. The molecule has 0 heterocycles. The fourth-order valence-electron chi connectivity index (χ4n) is 2.14. The van der Waals surface area contributed by atoms with E-state index in [4.69, 9.17) is 15.2 Å². The third kappa shape index (κ3) is 8.14. The number of amidine groups is 1. The van der Waals surface area contributed by atoms with Crippen LogP contribution in [0.1, 0.15) is 24.5 Å². The lowest BCUT2D eigenvalue weighted by molar-refractivity contribution is -0.143. The first kappa shape index (κ1) is 22.0. The summed E-state index contributed by atoms with van der Waals surface area (Å²) in [5.41, 5.74) is 7.79. The monoisotopic (exact) mass is 463 g/mol. The van der Waals surface area contributed by atoms with Crippen molar-refractivity contribution in [3.63, 3.8) is 0 Å². The highest BCUT2D eigenvalue weighted by atomic mass is 79.9. The minimum atomic E-state index is -0.289. The number of thioether (sulfide) groups is 1. The van der Waals surface area contributed by atoms with E-state index >= 15 is 0 Å². The fourth-order valence-corrected chi connectivity index (χ4v) is 3.13. The average molecular weight is 464 g/mol. The number of rotatable bonds is 9. The van der Waals surface area contributed by atoms with E-state index in [9.17, 15) is 4.79 Å². The van der Waals surface area contributed by atoms with Gasteiger partial charge in [-0.05, 0) is 30.7 Å². The number of esters is 1. The number of hydrogen-bond donors (Lipinski definition) is 1. The zero-order valence-corrected chi connectivity index (χ0v) is 17.9. The van der Waals surface area contributed by atoms with Gasteiger partial charge in [0, 0.05) is 15.8 Å². The number of carbonyl (C=O) groups is 1. The van der Waals surface area contributed by atoms with Gasteiger partial charge >= 0.3 is 5.97 Å². The Morgan fingerprint density at radius 1 is 1.25 bits per heavy atom. The molecule has 0 bridgehead atoms. The molecule has 0 radical (unpaired) electrons. The second-order valence-electron chi connectivity index (χ2n) is 5.54. The molecule has 0 unspecified atom stereocenters. The normalized spacial score (nSPS) is 11.6. The molecule has 0 aliphatic carbocycles. The van der Waals surface area contributed by atoms with Crippen LogP contribution in [0.25, 0.3) is 0 Å². The van der Waals surface area contributed by atoms with Gasteiger partial charge in [0.15, 0.2) is 5.17 Å². The maximum atomic E-state index is 11.4. The van der Waals surface area contributed by atoms with Crippen molar-refractivity contribution in [2.75, 3.05) is 13.2 Å². The van der Waals surface area contributed by atoms with Gasteiger partial charge in [0.05, 0.1) is 25.8 Å². The predicted molar refractivity (Wildman–Crippen MR) is 118 cm³/mol. The van der Waals surface area contributed by atoms with E-state index in [0.29, 0.717) is 17.5 Å². The molecule has 2 rings (SSSR count). The molecule has 0 amide bonds. The molecular weight excluding hydrogens is 442 g/mol. The van der Waals surface area contributed by atoms with E-state index in [2.05, 4.69) is 26.1 Å². The summed E-state index contributed by atoms with van der Waals surface area (Å²) in [5.74, 6) is 1.04. The van der Waals surface area contributed by atoms with Crippen LogP contribution in [0.5, 0.6) is 5.75 Å². The van der Waals surface area contributed by atoms with Gasteiger partial charge in [0.25, 0.3) is 0 Å². The van der Waals surface area contributed by atoms with E-state index in [0.717, 1.165) is 15.8 Å². The maximum Gasteiger partial charge on any atom is 0.309 e. The molecule has 8 heteroatoms. The summed E-state index contributed by atoms with van der Waals surface area (Å²) in [5, 5.41) is 8.45. The highest BCUT2D eigenvalue weighted by Crippen LogP contribution is 2.22. The SMILES string of the molecule is CCOC(=O)CCOc1ccc(Br)cc1C=NN=C(N)SCc1ccccc1. The molecule has 2 aromatic carbocycles. The second-order valence-corrected chi connectivity index (χ2v) is 7.45. The summed E-state index contributed by atoms with van der Waals surface area (Å²) < 4.78 is 11.4. The van der Waals surface area contributed by atoms with Gasteiger partial charge in [-0.15, -0.1) is 5.10 Å². The van der Waals surface area contributed by atoms with Gasteiger partial charge in [-0.3, -0.25) is 4.79 Å². The standard InChI is InChI=1S/C20H22BrN3O3S/c1-2-26-19(25)10-11-27-18-9-8-17(21)12-16(18)13-23-24-20(22)28-14-15-6-4-3-5-7-15/h3-9,12-13H,2,10-11,14H2,1H3,(H2,22,24). The number of nitrogens with zero attached hydrogens (tertiary/aromatic N) is 2. The molecule has 0 saturated carbocycles. The van der Waals surface area contributed by atoms with Crippen molar-refractivity contribution < 1.29 is 14.3 Å². The number of nitrogens with two attached hydrogens (primary N) is 1. The molecule has 6 nitrogen and oxygen atoms in total. The number of ether oxygens (including phenoxy) is 2. The first-order valence-electron chi connectivity index (χ1n) is 8.69. The molecular formula is C20H22BrN3O3S. The molecule has 0 spiro atoms. The zero-order valence-electron chi connectivity index (χ0n) is 15.5. The Balaban J connectivity index is 1.93. The minimum Gasteiger partial charge on any atom is -0.492 e. The second kappa shape index (κ2) is 12.2. The topological polar surface area (TPSA) is 86.3 Å². The summed E-state index contributed by atoms with van der Waals surface area (Å²) in [4.78, 5) is 11.4. The number of hydrogen-bond acceptors (Lipinski definition) is 6. The van der Waals surface area contributed by atoms with Crippen molar-refractivity contribution in [2.24, 2.45) is 15.9 Å². The number of carbonyl (C=O) groups excluding carboxylic acids is 1. The third-order valence-electron chi connectivity index (χ3n) is 3.42. The van der Waals surface area contributed by atoms with Gasteiger partial charge in [0.2, 0.25) is 0 Å². The molecule has 148 valence electrons. The molecule has 2 aromatic rings. The molecule has 0 aromatic heterocycles. The van der Waals surface area contributed by atoms with Gasteiger partial charge in [-0.2, -0.15) is 5.10 Å². The quantitative estimate of drug-likeness (QED) is 0.258. The first-order chi connectivity index (χ1) is 13.6. The van der Waals surface area contributed by atoms with Crippen LogP contribution >= 0.6 is 27.7 Å². The highest BCUT2D eigenvalue weighted by Gasteiger charge is 2.06. The van der Waals surface area contributed by atoms with E-state index in [1.54, 1.807) is 19.2 Å². The predicted octanol–water partition coefficient (Wildman–Crippen LogP) is 4.36. The van der Waals surface area contributed by atoms with Crippen molar-refractivity contribution in [1.82, 2.24) is 0 Å². The Labute approximate surface area is 177 Å². The van der Waals surface area contributed by atoms with Crippen LogP contribution < -0.4 is 10.5 Å². The number of halogens is 1. The van der Waals surface area contributed by atoms with Crippen LogP contribution in [0, 0.1) is 0 Å². The van der Waals surface area contributed by atoms with Crippen molar-refractivity contribution in [2.45, 2.75) is 19.1 Å². The van der Waals surface area contributed by atoms with Gasteiger partial charge < -0.3 is 15.2 Å². The lowest BCUT2D eigenvalue weighted by Gasteiger charge is -2.09. The Morgan fingerprint density at radius 3 is 2.79 bits per heavy atom. The summed E-state index contributed by atoms with van der Waals surface area (Å²) in [6.45, 7) is 2.35. The molecule has 2 N–H and O–H groups in total. The van der Waals surface area contributed by atoms with Crippen LogP contribution in [-0.2, 0) is 15.3 Å². The Bertz CT molecular complexity index is 829. The lowest BCUT2D eigenvalue weighted by atomic mass is 10.2. The van der Waals surface area contributed by atoms with E-state index < -0.39 is 0 Å². The smallest absolute Gasteiger partial charge is 0.309 e. The molecule has 0 fully saturated rings. The summed E-state index contributed by atoms with van der Waals surface area (Å²) in [7, 11) is 0. The van der Waals surface area contributed by atoms with Crippen LogP contribution in [0.15, 0.2) is 63.2 Å². The lowest BCUT2D eigenvalue weighted by Crippen LogP contribution is -2.10. The van der Waals surface area contributed by atoms with Crippen LogP contribution in [0.4, 0.5) is 0 Å². The van der Waals surface area contributed by atoms with Gasteiger partial charge in [0.1, 0.15) is 5.75 Å². The summed E-state index contributed by atoms with van der Waals surface area (Å²) in [6.07, 6.45) is 1.75. The van der Waals surface area contributed by atoms with E-state index in [1.165, 1.54) is 17.3 Å². The van der Waals surface area contributed by atoms with Crippen molar-refractivity contribution >= 4 is 45.0 Å². The highest BCUT2D eigenvalue weighted by molar-refractivity contribution is 9.10. The maximum absolute atomic E-state index is 11.4. The zero-order chi connectivity index (χ0) is 20.2. The fraction of sp³-hybridized carbons (Fsp3) is 0.250.